The van der Waals surface area contributed by atoms with Gasteiger partial charge in [0.05, 0.1) is 0 Å². The lowest BCUT2D eigenvalue weighted by Crippen LogP contribution is -2.75. The van der Waals surface area contributed by atoms with Gasteiger partial charge in [0, 0.05) is 6.42 Å². The van der Waals surface area contributed by atoms with E-state index in [2.05, 4.69) is 5.32 Å². The Morgan fingerprint density at radius 3 is 2.35 bits per heavy atom. The van der Waals surface area contributed by atoms with Crippen molar-refractivity contribution in [1.29, 1.82) is 0 Å². The van der Waals surface area contributed by atoms with Crippen molar-refractivity contribution in [2.75, 3.05) is 0 Å². The van der Waals surface area contributed by atoms with Crippen LogP contribution in [0.2, 0.25) is 0 Å². The molecule has 20 heavy (non-hydrogen) atoms. The minimum Gasteiger partial charge on any atom is -0.342 e. The number of piperazine rings is 1. The minimum atomic E-state index is -4.89. The first kappa shape index (κ1) is 14.4. The lowest BCUT2D eigenvalue weighted by Gasteiger charge is -2.40. The number of carbonyl (C=O) groups is 2. The third-order valence-corrected chi connectivity index (χ3v) is 3.26. The highest BCUT2D eigenvalue weighted by atomic mass is 19.4. The fraction of sp³-hybridized carbons (Fsp3) is 0.385. The van der Waals surface area contributed by atoms with Gasteiger partial charge in [0.2, 0.25) is 11.4 Å². The van der Waals surface area contributed by atoms with E-state index in [-0.39, 0.29) is 0 Å². The quantitative estimate of drug-likeness (QED) is 0.857. The van der Waals surface area contributed by atoms with Crippen molar-refractivity contribution in [2.24, 2.45) is 0 Å². The second-order valence-corrected chi connectivity index (χ2v) is 4.75. The lowest BCUT2D eigenvalue weighted by molar-refractivity contribution is -0.205. The highest BCUT2D eigenvalue weighted by Crippen LogP contribution is 2.35. The molecule has 0 radical (unpaired) electrons. The van der Waals surface area contributed by atoms with Crippen LogP contribution in [0.4, 0.5) is 13.2 Å². The largest absolute Gasteiger partial charge is 0.420 e. The summed E-state index contributed by atoms with van der Waals surface area (Å²) in [6.07, 6.45) is -5.52. The molecule has 108 valence electrons. The molecule has 0 aromatic heterocycles. The highest BCUT2D eigenvalue weighted by Gasteiger charge is 2.63. The van der Waals surface area contributed by atoms with Gasteiger partial charge in [0.1, 0.15) is 6.04 Å². The van der Waals surface area contributed by atoms with Crippen LogP contribution in [0.15, 0.2) is 30.3 Å². The van der Waals surface area contributed by atoms with Crippen LogP contribution in [0.5, 0.6) is 0 Å². The van der Waals surface area contributed by atoms with Crippen LogP contribution in [0.25, 0.3) is 0 Å². The smallest absolute Gasteiger partial charge is 0.342 e. The fourth-order valence-electron chi connectivity index (χ4n) is 2.09. The molecule has 0 spiro atoms. The lowest BCUT2D eigenvalue weighted by atomic mass is 9.86. The van der Waals surface area contributed by atoms with Gasteiger partial charge in [-0.3, -0.25) is 9.59 Å². The van der Waals surface area contributed by atoms with Gasteiger partial charge in [-0.1, -0.05) is 30.3 Å². The Morgan fingerprint density at radius 2 is 1.80 bits per heavy atom. The molecule has 0 saturated carbocycles. The number of hydrogen-bond donors (Lipinski definition) is 2. The van der Waals surface area contributed by atoms with Crippen molar-refractivity contribution >= 4 is 11.8 Å². The van der Waals surface area contributed by atoms with Crippen molar-refractivity contribution < 1.29 is 22.8 Å². The van der Waals surface area contributed by atoms with E-state index in [1.165, 1.54) is 19.1 Å². The van der Waals surface area contributed by atoms with Crippen molar-refractivity contribution in [3.05, 3.63) is 35.9 Å². The number of carbonyl (C=O) groups excluding carboxylic acids is 2. The Morgan fingerprint density at radius 1 is 1.20 bits per heavy atom. The van der Waals surface area contributed by atoms with Crippen molar-refractivity contribution in [1.82, 2.24) is 10.6 Å². The van der Waals surface area contributed by atoms with Crippen LogP contribution in [-0.2, 0) is 16.0 Å². The monoisotopic (exact) mass is 286 g/mol. The fourth-order valence-corrected chi connectivity index (χ4v) is 2.09. The van der Waals surface area contributed by atoms with E-state index in [0.717, 1.165) is 0 Å². The second-order valence-electron chi connectivity index (χ2n) is 4.75. The molecule has 1 aromatic rings. The predicted octanol–water partition coefficient (Wildman–Crippen LogP) is 1.16. The molecule has 4 nitrogen and oxygen atoms in total. The Labute approximate surface area is 113 Å². The van der Waals surface area contributed by atoms with Gasteiger partial charge in [0.25, 0.3) is 5.91 Å². The zero-order valence-electron chi connectivity index (χ0n) is 10.6. The summed E-state index contributed by atoms with van der Waals surface area (Å²) < 4.78 is 40.1. The minimum absolute atomic E-state index is 0.315. The molecule has 0 bridgehead atoms. The number of hydrogen-bond acceptors (Lipinski definition) is 2. The first-order chi connectivity index (χ1) is 9.26. The highest BCUT2D eigenvalue weighted by molar-refractivity contribution is 6.00. The summed E-state index contributed by atoms with van der Waals surface area (Å²) in [6.45, 7) is 1.33. The molecule has 1 aliphatic rings. The van der Waals surface area contributed by atoms with Gasteiger partial charge in [-0.2, -0.15) is 13.2 Å². The van der Waals surface area contributed by atoms with Crippen molar-refractivity contribution in [2.45, 2.75) is 31.1 Å². The van der Waals surface area contributed by atoms with Gasteiger partial charge in [-0.05, 0) is 12.5 Å². The Balaban J connectivity index is 2.41. The third kappa shape index (κ3) is 2.35. The van der Waals surface area contributed by atoms with Gasteiger partial charge in [0.15, 0.2) is 0 Å². The van der Waals surface area contributed by atoms with Crippen molar-refractivity contribution in [3.63, 3.8) is 0 Å². The zero-order chi connectivity index (χ0) is 15.0. The molecule has 1 aliphatic heterocycles. The molecule has 2 atom stereocenters. The molecule has 0 aliphatic carbocycles. The number of benzene rings is 1. The van der Waals surface area contributed by atoms with Crippen molar-refractivity contribution in [3.8, 4) is 0 Å². The molecule has 0 unspecified atom stereocenters. The van der Waals surface area contributed by atoms with Crippen LogP contribution in [0, 0.1) is 0 Å². The Hall–Kier alpha value is -2.05. The summed E-state index contributed by atoms with van der Waals surface area (Å²) in [7, 11) is 0. The number of alkyl halides is 3. The maximum absolute atomic E-state index is 13.4. The van der Waals surface area contributed by atoms with E-state index in [1.807, 2.05) is 5.32 Å². The Bertz CT molecular complexity index is 530. The zero-order valence-corrected chi connectivity index (χ0v) is 10.6. The predicted molar refractivity (Wildman–Crippen MR) is 64.7 cm³/mol. The first-order valence-corrected chi connectivity index (χ1v) is 6.00. The van der Waals surface area contributed by atoms with Gasteiger partial charge in [-0.25, -0.2) is 0 Å². The summed E-state index contributed by atoms with van der Waals surface area (Å²) in [5, 5.41) is 3.92. The van der Waals surface area contributed by atoms with Crippen LogP contribution in [0.3, 0.4) is 0 Å². The number of halogens is 3. The van der Waals surface area contributed by atoms with E-state index in [1.54, 1.807) is 18.2 Å². The van der Waals surface area contributed by atoms with Crippen LogP contribution in [0.1, 0.15) is 12.5 Å². The molecule has 7 heteroatoms. The summed E-state index contributed by atoms with van der Waals surface area (Å²) in [4.78, 5) is 23.4. The summed E-state index contributed by atoms with van der Waals surface area (Å²) >= 11 is 0. The number of nitrogens with one attached hydrogen (secondary N) is 2. The van der Waals surface area contributed by atoms with E-state index in [9.17, 15) is 22.8 Å². The third-order valence-electron chi connectivity index (χ3n) is 3.26. The summed E-state index contributed by atoms with van der Waals surface area (Å²) in [6, 6.07) is 6.78. The first-order valence-electron chi connectivity index (χ1n) is 6.00. The topological polar surface area (TPSA) is 58.2 Å². The van der Waals surface area contributed by atoms with Gasteiger partial charge >= 0.3 is 6.18 Å². The molecule has 1 heterocycles. The van der Waals surface area contributed by atoms with Gasteiger partial charge < -0.3 is 10.6 Å². The SMILES string of the molecule is C[C@@H]1NC(=O)[C@](Cc2ccccc2)(C(F)(F)F)NC1=O. The van der Waals surface area contributed by atoms with E-state index in [4.69, 9.17) is 0 Å². The van der Waals surface area contributed by atoms with Crippen LogP contribution >= 0.6 is 0 Å². The average molecular weight is 286 g/mol. The molecule has 2 rings (SSSR count). The summed E-state index contributed by atoms with van der Waals surface area (Å²) in [5.74, 6) is -2.08. The number of amides is 2. The Kier molecular flexibility index (Phi) is 3.45. The van der Waals surface area contributed by atoms with E-state index in [0.29, 0.717) is 5.56 Å². The molecule has 1 aromatic carbocycles. The molecule has 2 N–H and O–H groups in total. The normalized spacial score (nSPS) is 26.9. The molecule has 2 amide bonds. The van der Waals surface area contributed by atoms with Crippen LogP contribution in [-0.4, -0.2) is 29.6 Å². The molecule has 1 saturated heterocycles. The van der Waals surface area contributed by atoms with E-state index >= 15 is 0 Å². The van der Waals surface area contributed by atoms with Crippen LogP contribution < -0.4 is 10.6 Å². The molecule has 1 fully saturated rings. The molecular formula is C13H13F3N2O2. The maximum Gasteiger partial charge on any atom is 0.420 e. The maximum atomic E-state index is 13.4. The van der Waals surface area contributed by atoms with Gasteiger partial charge in [-0.15, -0.1) is 0 Å². The second kappa shape index (κ2) is 4.81. The average Bonchev–Trinajstić information content (AvgIpc) is 2.36. The standard InChI is InChI=1S/C13H13F3N2O2/c1-8-10(19)18-12(11(20)17-8,13(14,15)16)7-9-5-3-2-4-6-9/h2-6,8H,7H2,1H3,(H,17,20)(H,18,19)/t8-,12+/m0/s1. The number of rotatable bonds is 2. The van der Waals surface area contributed by atoms with E-state index < -0.39 is 36.0 Å². The summed E-state index contributed by atoms with van der Waals surface area (Å²) in [5.41, 5.74) is -2.60. The molecular weight excluding hydrogens is 273 g/mol.